The number of halogens is 1. The van der Waals surface area contributed by atoms with Crippen LogP contribution in [0.15, 0.2) is 48.5 Å². The summed E-state index contributed by atoms with van der Waals surface area (Å²) < 4.78 is 12.7. The predicted octanol–water partition coefficient (Wildman–Crippen LogP) is 3.82. The van der Waals surface area contributed by atoms with Gasteiger partial charge in [0.05, 0.1) is 0 Å². The van der Waals surface area contributed by atoms with Crippen LogP contribution in [0.25, 0.3) is 0 Å². The van der Waals surface area contributed by atoms with Crippen molar-refractivity contribution in [2.24, 2.45) is 0 Å². The molecular weight excluding hydrogens is 474 g/mol. The molecule has 7 nitrogen and oxygen atoms in total. The maximum absolute atomic E-state index is 13.2. The first kappa shape index (κ1) is 25.9. The van der Waals surface area contributed by atoms with E-state index >= 15 is 0 Å². The second kappa shape index (κ2) is 12.1. The highest BCUT2D eigenvalue weighted by atomic mass is 35.5. The Morgan fingerprint density at radius 2 is 1.65 bits per heavy atom. The van der Waals surface area contributed by atoms with E-state index in [0.29, 0.717) is 16.4 Å². The Bertz CT molecular complexity index is 1040. The standard InChI is InChI=1S/C25H30ClN3O4S/c1-17-7-11-21(12-8-17)27-23(30)15-34(33)16-24(31)29(22-13-9-19(26)10-14-22)18(2)25(32)28-20-5-3-4-6-20/h7-14,18,20H,3-6,15-16H2,1-2H3,(H,27,30)(H,28,32)/t18-,34-/m0/s1. The molecule has 1 fully saturated rings. The Balaban J connectivity index is 1.66. The third-order valence-electron chi connectivity index (χ3n) is 5.75. The molecule has 0 bridgehead atoms. The molecule has 2 N–H and O–H groups in total. The monoisotopic (exact) mass is 503 g/mol. The van der Waals surface area contributed by atoms with Gasteiger partial charge in [0.2, 0.25) is 17.7 Å². The minimum absolute atomic E-state index is 0.108. The second-order valence-electron chi connectivity index (χ2n) is 8.55. The molecule has 1 saturated carbocycles. The lowest BCUT2D eigenvalue weighted by Crippen LogP contribution is -2.51. The van der Waals surface area contributed by atoms with Gasteiger partial charge in [-0.05, 0) is 63.1 Å². The highest BCUT2D eigenvalue weighted by Crippen LogP contribution is 2.22. The Kier molecular flexibility index (Phi) is 9.24. The zero-order valence-electron chi connectivity index (χ0n) is 19.4. The molecule has 0 unspecified atom stereocenters. The van der Waals surface area contributed by atoms with E-state index in [1.165, 1.54) is 4.90 Å². The van der Waals surface area contributed by atoms with Crippen LogP contribution in [0.4, 0.5) is 11.4 Å². The van der Waals surface area contributed by atoms with Gasteiger partial charge in [0, 0.05) is 33.2 Å². The molecule has 2 atom stereocenters. The summed E-state index contributed by atoms with van der Waals surface area (Å²) in [6.45, 7) is 3.58. The molecule has 0 heterocycles. The number of nitrogens with zero attached hydrogens (tertiary/aromatic N) is 1. The molecular formula is C25H30ClN3O4S. The van der Waals surface area contributed by atoms with E-state index in [0.717, 1.165) is 31.2 Å². The number of benzene rings is 2. The van der Waals surface area contributed by atoms with Crippen LogP contribution in [-0.2, 0) is 25.2 Å². The average molecular weight is 504 g/mol. The van der Waals surface area contributed by atoms with E-state index in [4.69, 9.17) is 11.6 Å². The van der Waals surface area contributed by atoms with Gasteiger partial charge < -0.3 is 10.6 Å². The van der Waals surface area contributed by atoms with E-state index in [9.17, 15) is 18.6 Å². The number of rotatable bonds is 9. The molecule has 0 saturated heterocycles. The Morgan fingerprint density at radius 1 is 1.03 bits per heavy atom. The smallest absolute Gasteiger partial charge is 0.243 e. The molecule has 0 aliphatic heterocycles. The molecule has 2 aromatic carbocycles. The van der Waals surface area contributed by atoms with Crippen molar-refractivity contribution in [1.82, 2.24) is 5.32 Å². The van der Waals surface area contributed by atoms with Crippen molar-refractivity contribution in [1.29, 1.82) is 0 Å². The molecule has 3 amide bonds. The highest BCUT2D eigenvalue weighted by Gasteiger charge is 2.30. The number of hydrogen-bond acceptors (Lipinski definition) is 4. The molecule has 0 aromatic heterocycles. The van der Waals surface area contributed by atoms with Crippen LogP contribution in [0.3, 0.4) is 0 Å². The fourth-order valence-corrected chi connectivity index (χ4v) is 4.94. The summed E-state index contributed by atoms with van der Waals surface area (Å²) in [5, 5.41) is 6.20. The van der Waals surface area contributed by atoms with Crippen molar-refractivity contribution >= 4 is 51.5 Å². The lowest BCUT2D eigenvalue weighted by molar-refractivity contribution is -0.125. The van der Waals surface area contributed by atoms with Crippen molar-refractivity contribution < 1.29 is 18.6 Å². The number of hydrogen-bond donors (Lipinski definition) is 2. The van der Waals surface area contributed by atoms with Crippen LogP contribution in [-0.4, -0.2) is 45.5 Å². The van der Waals surface area contributed by atoms with Gasteiger partial charge >= 0.3 is 0 Å². The van der Waals surface area contributed by atoms with Crippen LogP contribution in [0.1, 0.15) is 38.2 Å². The van der Waals surface area contributed by atoms with Gasteiger partial charge in [0.25, 0.3) is 0 Å². The van der Waals surface area contributed by atoms with Gasteiger partial charge in [-0.2, -0.15) is 0 Å². The minimum atomic E-state index is -1.75. The van der Waals surface area contributed by atoms with Crippen LogP contribution in [0.5, 0.6) is 0 Å². The van der Waals surface area contributed by atoms with Gasteiger partial charge in [-0.1, -0.05) is 42.1 Å². The molecule has 182 valence electrons. The number of carbonyl (C=O) groups is 3. The van der Waals surface area contributed by atoms with Gasteiger partial charge in [-0.15, -0.1) is 0 Å². The summed E-state index contributed by atoms with van der Waals surface area (Å²) in [5.41, 5.74) is 2.13. The van der Waals surface area contributed by atoms with Crippen LogP contribution in [0, 0.1) is 6.92 Å². The Hall–Kier alpha value is -2.71. The Morgan fingerprint density at radius 3 is 2.26 bits per heavy atom. The van der Waals surface area contributed by atoms with Crippen molar-refractivity contribution in [3.05, 3.63) is 59.1 Å². The van der Waals surface area contributed by atoms with E-state index in [1.54, 1.807) is 43.3 Å². The maximum atomic E-state index is 13.2. The lowest BCUT2D eigenvalue weighted by Gasteiger charge is -2.29. The Labute approximate surface area is 207 Å². The maximum Gasteiger partial charge on any atom is 0.243 e. The summed E-state index contributed by atoms with van der Waals surface area (Å²) in [6.07, 6.45) is 3.99. The highest BCUT2D eigenvalue weighted by molar-refractivity contribution is 7.86. The zero-order chi connectivity index (χ0) is 24.7. The summed E-state index contributed by atoms with van der Waals surface area (Å²) >= 11 is 5.99. The molecule has 2 aromatic rings. The topological polar surface area (TPSA) is 95.6 Å². The fraction of sp³-hybridized carbons (Fsp3) is 0.400. The zero-order valence-corrected chi connectivity index (χ0v) is 21.0. The first-order valence-corrected chi connectivity index (χ1v) is 13.2. The molecule has 9 heteroatoms. The molecule has 0 radical (unpaired) electrons. The minimum Gasteiger partial charge on any atom is -0.352 e. The first-order chi connectivity index (χ1) is 16.2. The summed E-state index contributed by atoms with van der Waals surface area (Å²) in [7, 11) is -1.75. The van der Waals surface area contributed by atoms with Crippen molar-refractivity contribution in [2.75, 3.05) is 21.7 Å². The molecule has 0 spiro atoms. The van der Waals surface area contributed by atoms with Gasteiger partial charge in [0.15, 0.2) is 0 Å². The van der Waals surface area contributed by atoms with Crippen LogP contribution >= 0.6 is 11.6 Å². The molecule has 1 aliphatic rings. The van der Waals surface area contributed by atoms with E-state index in [2.05, 4.69) is 10.6 Å². The van der Waals surface area contributed by atoms with Gasteiger partial charge in [-0.25, -0.2) is 0 Å². The largest absolute Gasteiger partial charge is 0.352 e. The van der Waals surface area contributed by atoms with Crippen molar-refractivity contribution in [3.8, 4) is 0 Å². The molecule has 3 rings (SSSR count). The number of amides is 3. The van der Waals surface area contributed by atoms with Gasteiger partial charge in [0.1, 0.15) is 17.5 Å². The number of nitrogens with one attached hydrogen (secondary N) is 2. The number of aryl methyl sites for hydroxylation is 1. The average Bonchev–Trinajstić information content (AvgIpc) is 3.29. The third-order valence-corrected chi connectivity index (χ3v) is 7.16. The SMILES string of the molecule is Cc1ccc(NC(=O)C[S@](=O)CC(=O)N(c2ccc(Cl)cc2)[C@@H](C)C(=O)NC2CCCC2)cc1. The first-order valence-electron chi connectivity index (χ1n) is 11.3. The van der Waals surface area contributed by atoms with Crippen molar-refractivity contribution in [2.45, 2.75) is 51.6 Å². The van der Waals surface area contributed by atoms with Crippen molar-refractivity contribution in [3.63, 3.8) is 0 Å². The van der Waals surface area contributed by atoms with Gasteiger partial charge in [-0.3, -0.25) is 23.5 Å². The van der Waals surface area contributed by atoms with Crippen LogP contribution in [0.2, 0.25) is 5.02 Å². The third kappa shape index (κ3) is 7.40. The summed E-state index contributed by atoms with van der Waals surface area (Å²) in [4.78, 5) is 39.7. The predicted molar refractivity (Wildman–Crippen MR) is 136 cm³/mol. The number of anilines is 2. The van der Waals surface area contributed by atoms with E-state index in [1.807, 2.05) is 19.1 Å². The number of carbonyl (C=O) groups excluding carboxylic acids is 3. The van der Waals surface area contributed by atoms with Crippen LogP contribution < -0.4 is 15.5 Å². The van der Waals surface area contributed by atoms with E-state index < -0.39 is 28.7 Å². The molecule has 1 aliphatic carbocycles. The van der Waals surface area contributed by atoms with E-state index in [-0.39, 0.29) is 23.5 Å². The quantitative estimate of drug-likeness (QED) is 0.543. The molecule has 34 heavy (non-hydrogen) atoms. The summed E-state index contributed by atoms with van der Waals surface area (Å²) in [5.74, 6) is -1.92. The fourth-order valence-electron chi connectivity index (χ4n) is 3.93. The normalized spacial score (nSPS) is 15.4. The lowest BCUT2D eigenvalue weighted by atomic mass is 10.1. The second-order valence-corrected chi connectivity index (χ2v) is 10.4. The summed E-state index contributed by atoms with van der Waals surface area (Å²) in [6, 6.07) is 13.1.